The molecule has 46 heavy (non-hydrogen) atoms. The Morgan fingerprint density at radius 1 is 0.935 bits per heavy atom. The van der Waals surface area contributed by atoms with Crippen molar-refractivity contribution in [2.24, 2.45) is 0 Å². The van der Waals surface area contributed by atoms with Crippen LogP contribution < -0.4 is 9.80 Å². The van der Waals surface area contributed by atoms with E-state index in [1.807, 2.05) is 53.4 Å². The number of fused-ring (bicyclic) bond motifs is 2. The lowest BCUT2D eigenvalue weighted by Crippen LogP contribution is -2.37. The van der Waals surface area contributed by atoms with Gasteiger partial charge in [0.05, 0.1) is 31.6 Å². The number of ketones is 1. The smallest absolute Gasteiger partial charge is 0.227 e. The zero-order valence-electron chi connectivity index (χ0n) is 26.2. The number of rotatable bonds is 9. The first-order valence-electron chi connectivity index (χ1n) is 15.5. The maximum absolute atomic E-state index is 11.9. The zero-order valence-corrected chi connectivity index (χ0v) is 26.2. The van der Waals surface area contributed by atoms with Crippen LogP contribution in [0.15, 0.2) is 49.1 Å². The summed E-state index contributed by atoms with van der Waals surface area (Å²) in [6.45, 7) is 3.45. The van der Waals surface area contributed by atoms with Gasteiger partial charge in [-0.05, 0) is 57.7 Å². The van der Waals surface area contributed by atoms with Gasteiger partial charge in [-0.25, -0.2) is 19.9 Å². The molecule has 1 aromatic carbocycles. The highest BCUT2D eigenvalue weighted by Crippen LogP contribution is 2.33. The number of hydrogen-bond donors (Lipinski definition) is 1. The third-order valence-corrected chi connectivity index (χ3v) is 8.56. The number of morpholine rings is 1. The number of nitrogens with zero attached hydrogens (tertiary/aromatic N) is 11. The fraction of sp³-hybridized carbons (Fsp3) is 0.406. The van der Waals surface area contributed by atoms with E-state index in [0.29, 0.717) is 86.2 Å². The van der Waals surface area contributed by atoms with Crippen LogP contribution in [0.4, 0.5) is 11.9 Å². The predicted molar refractivity (Wildman–Crippen MR) is 174 cm³/mol. The summed E-state index contributed by atoms with van der Waals surface area (Å²) in [6, 6.07) is 6.79. The van der Waals surface area contributed by atoms with E-state index in [2.05, 4.69) is 19.8 Å². The number of Topliss-reactive ketones (excluding diaryl/α,β-unsaturated/α-hetero) is 1. The van der Waals surface area contributed by atoms with Gasteiger partial charge in [0.1, 0.15) is 34.7 Å². The normalized spacial score (nSPS) is 16.4. The molecule has 1 saturated heterocycles. The van der Waals surface area contributed by atoms with Gasteiger partial charge in [0.15, 0.2) is 11.3 Å². The molecule has 1 unspecified atom stereocenters. The Balaban J connectivity index is 1.34. The maximum atomic E-state index is 11.9. The lowest BCUT2D eigenvalue weighted by Gasteiger charge is -2.29. The molecule has 2 aliphatic rings. The molecule has 0 bridgehead atoms. The van der Waals surface area contributed by atoms with Crippen LogP contribution in [-0.2, 0) is 9.53 Å². The summed E-state index contributed by atoms with van der Waals surface area (Å²) < 4.78 is 9.56. The van der Waals surface area contributed by atoms with Gasteiger partial charge in [0.2, 0.25) is 11.9 Å². The van der Waals surface area contributed by atoms with E-state index in [0.717, 1.165) is 23.8 Å². The highest BCUT2D eigenvalue weighted by molar-refractivity contribution is 5.85. The van der Waals surface area contributed by atoms with Gasteiger partial charge in [-0.3, -0.25) is 13.9 Å². The summed E-state index contributed by atoms with van der Waals surface area (Å²) in [5, 5.41) is 10.1. The van der Waals surface area contributed by atoms with Crippen molar-refractivity contribution < 1.29 is 14.6 Å². The predicted octanol–water partition coefficient (Wildman–Crippen LogP) is 3.22. The minimum absolute atomic E-state index is 0.176. The topological polar surface area (TPSA) is 143 Å². The standard InChI is InChI=1S/C32H37N11O3/c1-39(2)13-12-27(40(3)31-33-18-25-28(37-31)42(20-35-25)21-4-8-23(44)9-5-21)30-36-26-19-34-32(41-14-16-46-17-15-41)38-29(26)43(30)22-6-10-24(45)11-7-22/h4,6-7,10-11,18-20,27,45H,5,8-9,12-17H2,1-3H3. The fourth-order valence-electron chi connectivity index (χ4n) is 6.00. The molecule has 238 valence electrons. The zero-order chi connectivity index (χ0) is 31.8. The van der Waals surface area contributed by atoms with Gasteiger partial charge >= 0.3 is 0 Å². The summed E-state index contributed by atoms with van der Waals surface area (Å²) in [5.41, 5.74) is 4.55. The van der Waals surface area contributed by atoms with Gasteiger partial charge < -0.3 is 24.5 Å². The Kier molecular flexibility index (Phi) is 8.05. The Morgan fingerprint density at radius 2 is 1.72 bits per heavy atom. The van der Waals surface area contributed by atoms with Crippen molar-refractivity contribution in [2.75, 3.05) is 63.8 Å². The highest BCUT2D eigenvalue weighted by atomic mass is 16.5. The van der Waals surface area contributed by atoms with E-state index in [4.69, 9.17) is 24.7 Å². The van der Waals surface area contributed by atoms with Crippen LogP contribution in [0.3, 0.4) is 0 Å². The van der Waals surface area contributed by atoms with Crippen molar-refractivity contribution in [1.29, 1.82) is 0 Å². The van der Waals surface area contributed by atoms with Gasteiger partial charge in [0.25, 0.3) is 0 Å². The van der Waals surface area contributed by atoms with Crippen LogP contribution in [0, 0.1) is 0 Å². The number of carbonyl (C=O) groups excluding carboxylic acids is 1. The van der Waals surface area contributed by atoms with Crippen LogP contribution in [0.5, 0.6) is 5.75 Å². The number of benzene rings is 1. The summed E-state index contributed by atoms with van der Waals surface area (Å²) >= 11 is 0. The number of phenols is 1. The molecule has 0 amide bonds. The number of aromatic nitrogens is 8. The number of phenolic OH excluding ortho intramolecular Hbond substituents is 1. The number of hydrogen-bond acceptors (Lipinski definition) is 12. The maximum Gasteiger partial charge on any atom is 0.227 e. The summed E-state index contributed by atoms with van der Waals surface area (Å²) in [7, 11) is 6.07. The molecule has 1 fully saturated rings. The van der Waals surface area contributed by atoms with E-state index < -0.39 is 0 Å². The summed E-state index contributed by atoms with van der Waals surface area (Å²) in [5.74, 6) is 2.32. The van der Waals surface area contributed by atoms with E-state index in [1.165, 1.54) is 0 Å². The van der Waals surface area contributed by atoms with E-state index >= 15 is 0 Å². The van der Waals surface area contributed by atoms with E-state index in [1.54, 1.807) is 30.9 Å². The quantitative estimate of drug-likeness (QED) is 0.257. The largest absolute Gasteiger partial charge is 0.508 e. The lowest BCUT2D eigenvalue weighted by atomic mass is 10.0. The van der Waals surface area contributed by atoms with Crippen molar-refractivity contribution in [3.63, 3.8) is 0 Å². The van der Waals surface area contributed by atoms with Crippen LogP contribution in [-0.4, -0.2) is 109 Å². The molecule has 4 aromatic heterocycles. The Morgan fingerprint density at radius 3 is 2.46 bits per heavy atom. The summed E-state index contributed by atoms with van der Waals surface area (Å²) in [6.07, 6.45) is 9.53. The minimum atomic E-state index is -0.266. The molecule has 1 aliphatic heterocycles. The monoisotopic (exact) mass is 623 g/mol. The molecular formula is C32H37N11O3. The molecule has 5 aromatic rings. The van der Waals surface area contributed by atoms with Crippen LogP contribution >= 0.6 is 0 Å². The average Bonchev–Trinajstić information content (AvgIpc) is 3.67. The Hall–Kier alpha value is -4.95. The van der Waals surface area contributed by atoms with Gasteiger partial charge in [-0.1, -0.05) is 6.08 Å². The molecule has 1 aliphatic carbocycles. The van der Waals surface area contributed by atoms with Gasteiger partial charge in [-0.2, -0.15) is 9.97 Å². The molecular weight excluding hydrogens is 586 g/mol. The number of aromatic hydroxyl groups is 1. The van der Waals surface area contributed by atoms with E-state index in [9.17, 15) is 9.90 Å². The van der Waals surface area contributed by atoms with Gasteiger partial charge in [-0.15, -0.1) is 0 Å². The number of allylic oxidation sites excluding steroid dienone is 2. The fourth-order valence-corrected chi connectivity index (χ4v) is 6.00. The molecule has 1 atom stereocenters. The number of anilines is 2. The van der Waals surface area contributed by atoms with Crippen molar-refractivity contribution in [3.05, 3.63) is 54.9 Å². The SMILES string of the molecule is CN(C)CCC(c1nc2cnc(N3CCOCC3)nc2n1-c1ccc(O)cc1)N(C)c1ncc2ncn(C3=CCC(=O)CC3)c2n1. The highest BCUT2D eigenvalue weighted by Gasteiger charge is 2.29. The van der Waals surface area contributed by atoms with Crippen molar-refractivity contribution in [1.82, 2.24) is 43.9 Å². The third kappa shape index (κ3) is 5.76. The molecule has 0 radical (unpaired) electrons. The first-order chi connectivity index (χ1) is 22.4. The average molecular weight is 624 g/mol. The molecule has 14 nitrogen and oxygen atoms in total. The van der Waals surface area contributed by atoms with Crippen molar-refractivity contribution in [3.8, 4) is 11.4 Å². The van der Waals surface area contributed by atoms with Gasteiger partial charge in [0, 0.05) is 44.4 Å². The first kappa shape index (κ1) is 29.7. The number of ether oxygens (including phenoxy) is 1. The molecule has 7 rings (SSSR count). The third-order valence-electron chi connectivity index (χ3n) is 8.56. The first-order valence-corrected chi connectivity index (χ1v) is 15.5. The minimum Gasteiger partial charge on any atom is -0.508 e. The molecule has 1 N–H and O–H groups in total. The second kappa shape index (κ2) is 12.4. The molecule has 5 heterocycles. The number of carbonyl (C=O) groups is 1. The molecule has 14 heteroatoms. The van der Waals surface area contributed by atoms with E-state index in [-0.39, 0.29) is 17.6 Å². The number of imidazole rings is 2. The van der Waals surface area contributed by atoms with Crippen molar-refractivity contribution >= 4 is 45.7 Å². The summed E-state index contributed by atoms with van der Waals surface area (Å²) in [4.78, 5) is 47.3. The van der Waals surface area contributed by atoms with Crippen LogP contribution in [0.1, 0.15) is 37.5 Å². The molecule has 0 spiro atoms. The van der Waals surface area contributed by atoms with Crippen LogP contribution in [0.25, 0.3) is 33.7 Å². The second-order valence-electron chi connectivity index (χ2n) is 12.0. The second-order valence-corrected chi connectivity index (χ2v) is 12.0. The van der Waals surface area contributed by atoms with Crippen LogP contribution in [0.2, 0.25) is 0 Å². The van der Waals surface area contributed by atoms with Crippen molar-refractivity contribution in [2.45, 2.75) is 31.7 Å². The Labute approximate surface area is 266 Å². The lowest BCUT2D eigenvalue weighted by molar-refractivity contribution is -0.118. The Bertz CT molecular complexity index is 1910. The molecule has 0 saturated carbocycles.